The van der Waals surface area contributed by atoms with E-state index >= 15 is 0 Å². The van der Waals surface area contributed by atoms with Crippen molar-refractivity contribution in [3.8, 4) is 0 Å². The van der Waals surface area contributed by atoms with E-state index in [9.17, 15) is 9.59 Å². The summed E-state index contributed by atoms with van der Waals surface area (Å²) in [4.78, 5) is 24.4. The SMILES string of the molecule is CC(C(=O)NC1(CC(=O)O)CCOCC1)c1cccs1. The highest BCUT2D eigenvalue weighted by molar-refractivity contribution is 7.10. The summed E-state index contributed by atoms with van der Waals surface area (Å²) in [6, 6.07) is 3.83. The molecule has 2 heterocycles. The second-order valence-electron chi connectivity index (χ2n) is 5.19. The van der Waals surface area contributed by atoms with E-state index in [1.807, 2.05) is 24.4 Å². The summed E-state index contributed by atoms with van der Waals surface area (Å²) in [7, 11) is 0. The molecule has 1 aliphatic rings. The fourth-order valence-corrected chi connectivity index (χ4v) is 3.22. The van der Waals surface area contributed by atoms with E-state index in [0.29, 0.717) is 26.1 Å². The Kier molecular flexibility index (Phi) is 4.77. The van der Waals surface area contributed by atoms with Gasteiger partial charge >= 0.3 is 5.97 Å². The van der Waals surface area contributed by atoms with Gasteiger partial charge in [0.25, 0.3) is 0 Å². The molecule has 1 fully saturated rings. The Bertz CT molecular complexity index is 466. The molecule has 0 aliphatic carbocycles. The van der Waals surface area contributed by atoms with Crippen LogP contribution in [0.2, 0.25) is 0 Å². The number of thiophene rings is 1. The van der Waals surface area contributed by atoms with Crippen LogP contribution < -0.4 is 5.32 Å². The van der Waals surface area contributed by atoms with Gasteiger partial charge in [-0.25, -0.2) is 0 Å². The lowest BCUT2D eigenvalue weighted by Gasteiger charge is -2.37. The molecule has 1 unspecified atom stereocenters. The molecule has 0 aromatic carbocycles. The summed E-state index contributed by atoms with van der Waals surface area (Å²) in [6.45, 7) is 2.82. The van der Waals surface area contributed by atoms with Gasteiger partial charge in [-0.05, 0) is 31.2 Å². The first-order valence-electron chi connectivity index (χ1n) is 6.67. The maximum absolute atomic E-state index is 12.4. The molecule has 2 rings (SSSR count). The highest BCUT2D eigenvalue weighted by atomic mass is 32.1. The predicted molar refractivity (Wildman–Crippen MR) is 75.9 cm³/mol. The summed E-state index contributed by atoms with van der Waals surface area (Å²) in [6.07, 6.45) is 1.03. The van der Waals surface area contributed by atoms with Gasteiger partial charge in [0.1, 0.15) is 0 Å². The minimum Gasteiger partial charge on any atom is -0.481 e. The van der Waals surface area contributed by atoms with Gasteiger partial charge in [-0.15, -0.1) is 11.3 Å². The molecule has 0 radical (unpaired) electrons. The number of ether oxygens (including phenoxy) is 1. The molecule has 1 atom stereocenters. The van der Waals surface area contributed by atoms with Crippen molar-refractivity contribution in [2.75, 3.05) is 13.2 Å². The zero-order valence-electron chi connectivity index (χ0n) is 11.4. The fourth-order valence-electron chi connectivity index (χ4n) is 2.43. The first kappa shape index (κ1) is 15.0. The van der Waals surface area contributed by atoms with Gasteiger partial charge in [-0.1, -0.05) is 6.07 Å². The minimum absolute atomic E-state index is 0.0563. The smallest absolute Gasteiger partial charge is 0.305 e. The number of carboxylic acid groups (broad SMARTS) is 1. The number of carbonyl (C=O) groups excluding carboxylic acids is 1. The standard InChI is InChI=1S/C14H19NO4S/c1-10(11-3-2-8-20-11)13(18)15-14(9-12(16)17)4-6-19-7-5-14/h2-3,8,10H,4-7,9H2,1H3,(H,15,18)(H,16,17). The Labute approximate surface area is 121 Å². The van der Waals surface area contributed by atoms with Crippen molar-refractivity contribution in [2.45, 2.75) is 37.6 Å². The van der Waals surface area contributed by atoms with Crippen molar-refractivity contribution in [3.63, 3.8) is 0 Å². The van der Waals surface area contributed by atoms with Crippen molar-refractivity contribution in [1.82, 2.24) is 5.32 Å². The maximum atomic E-state index is 12.4. The summed E-state index contributed by atoms with van der Waals surface area (Å²) < 4.78 is 5.28. The Morgan fingerprint density at radius 2 is 2.20 bits per heavy atom. The van der Waals surface area contributed by atoms with Gasteiger partial charge in [-0.2, -0.15) is 0 Å². The van der Waals surface area contributed by atoms with E-state index in [0.717, 1.165) is 4.88 Å². The van der Waals surface area contributed by atoms with E-state index in [1.54, 1.807) is 0 Å². The van der Waals surface area contributed by atoms with Gasteiger partial charge in [0, 0.05) is 18.1 Å². The van der Waals surface area contributed by atoms with E-state index in [2.05, 4.69) is 5.32 Å². The van der Waals surface area contributed by atoms with E-state index in [4.69, 9.17) is 9.84 Å². The number of nitrogens with one attached hydrogen (secondary N) is 1. The highest BCUT2D eigenvalue weighted by Crippen LogP contribution is 2.27. The minimum atomic E-state index is -0.893. The van der Waals surface area contributed by atoms with Crippen LogP contribution in [0.15, 0.2) is 17.5 Å². The number of carbonyl (C=O) groups is 2. The molecular weight excluding hydrogens is 278 g/mol. The van der Waals surface area contributed by atoms with Crippen molar-refractivity contribution >= 4 is 23.2 Å². The molecule has 1 amide bonds. The average molecular weight is 297 g/mol. The topological polar surface area (TPSA) is 75.6 Å². The molecule has 5 nitrogen and oxygen atoms in total. The largest absolute Gasteiger partial charge is 0.481 e. The summed E-state index contributed by atoms with van der Waals surface area (Å²) >= 11 is 1.53. The molecule has 1 aromatic heterocycles. The number of aliphatic carboxylic acids is 1. The first-order chi connectivity index (χ1) is 9.52. The lowest BCUT2D eigenvalue weighted by atomic mass is 9.86. The predicted octanol–water partition coefficient (Wildman–Crippen LogP) is 1.99. The molecule has 0 bridgehead atoms. The van der Waals surface area contributed by atoms with Crippen molar-refractivity contribution < 1.29 is 19.4 Å². The summed E-state index contributed by atoms with van der Waals surface area (Å²) in [5.41, 5.74) is -0.674. The fraction of sp³-hybridized carbons (Fsp3) is 0.571. The molecule has 2 N–H and O–H groups in total. The summed E-state index contributed by atoms with van der Waals surface area (Å²) in [5, 5.41) is 14.0. The van der Waals surface area contributed by atoms with Crippen LogP contribution in [0.3, 0.4) is 0 Å². The number of hydrogen-bond donors (Lipinski definition) is 2. The molecule has 0 saturated carbocycles. The van der Waals surface area contributed by atoms with Crippen LogP contribution in [0.1, 0.15) is 37.0 Å². The number of rotatable bonds is 5. The summed E-state index contributed by atoms with van der Waals surface area (Å²) in [5.74, 6) is -1.27. The van der Waals surface area contributed by atoms with Crippen LogP contribution in [0.25, 0.3) is 0 Å². The van der Waals surface area contributed by atoms with Crippen LogP contribution >= 0.6 is 11.3 Å². The molecule has 1 aromatic rings. The van der Waals surface area contributed by atoms with E-state index in [1.165, 1.54) is 11.3 Å². The number of hydrogen-bond acceptors (Lipinski definition) is 4. The third-order valence-electron chi connectivity index (χ3n) is 3.69. The molecule has 0 spiro atoms. The van der Waals surface area contributed by atoms with Crippen LogP contribution in [-0.2, 0) is 14.3 Å². The normalized spacial score (nSPS) is 19.2. The van der Waals surface area contributed by atoms with Gasteiger partial charge in [0.2, 0.25) is 5.91 Å². The monoisotopic (exact) mass is 297 g/mol. The van der Waals surface area contributed by atoms with Crippen LogP contribution in [0.4, 0.5) is 0 Å². The molecular formula is C14H19NO4S. The van der Waals surface area contributed by atoms with Gasteiger partial charge in [-0.3, -0.25) is 9.59 Å². The zero-order chi connectivity index (χ0) is 14.6. The number of amides is 1. The van der Waals surface area contributed by atoms with Crippen molar-refractivity contribution in [3.05, 3.63) is 22.4 Å². The van der Waals surface area contributed by atoms with Crippen molar-refractivity contribution in [2.24, 2.45) is 0 Å². The maximum Gasteiger partial charge on any atom is 0.305 e. The number of carboxylic acids is 1. The Balaban J connectivity index is 2.07. The zero-order valence-corrected chi connectivity index (χ0v) is 12.2. The van der Waals surface area contributed by atoms with E-state index < -0.39 is 11.5 Å². The first-order valence-corrected chi connectivity index (χ1v) is 7.55. The average Bonchev–Trinajstić information content (AvgIpc) is 2.91. The molecule has 1 aliphatic heterocycles. The third-order valence-corrected chi connectivity index (χ3v) is 4.75. The second-order valence-corrected chi connectivity index (χ2v) is 6.17. The molecule has 1 saturated heterocycles. The van der Waals surface area contributed by atoms with Crippen molar-refractivity contribution in [1.29, 1.82) is 0 Å². The van der Waals surface area contributed by atoms with E-state index in [-0.39, 0.29) is 18.2 Å². The van der Waals surface area contributed by atoms with Gasteiger partial charge in [0.05, 0.1) is 17.9 Å². The highest BCUT2D eigenvalue weighted by Gasteiger charge is 2.37. The molecule has 6 heteroatoms. The van der Waals surface area contributed by atoms with Crippen LogP contribution in [0, 0.1) is 0 Å². The van der Waals surface area contributed by atoms with Gasteiger partial charge < -0.3 is 15.2 Å². The molecule has 110 valence electrons. The lowest BCUT2D eigenvalue weighted by molar-refractivity contribution is -0.140. The Hall–Kier alpha value is -1.40. The molecule has 20 heavy (non-hydrogen) atoms. The Morgan fingerprint density at radius 1 is 1.50 bits per heavy atom. The van der Waals surface area contributed by atoms with Crippen LogP contribution in [0.5, 0.6) is 0 Å². The Morgan fingerprint density at radius 3 is 2.75 bits per heavy atom. The van der Waals surface area contributed by atoms with Gasteiger partial charge in [0.15, 0.2) is 0 Å². The lowest BCUT2D eigenvalue weighted by Crippen LogP contribution is -2.54. The quantitative estimate of drug-likeness (QED) is 0.871. The van der Waals surface area contributed by atoms with Crippen LogP contribution in [-0.4, -0.2) is 35.7 Å². The second kappa shape index (κ2) is 6.37. The third kappa shape index (κ3) is 3.58.